The number of carbonyl (C=O) groups is 1. The van der Waals surface area contributed by atoms with Crippen LogP contribution in [-0.4, -0.2) is 15.7 Å². The summed E-state index contributed by atoms with van der Waals surface area (Å²) in [7, 11) is 0. The van der Waals surface area contributed by atoms with Gasteiger partial charge in [0.2, 0.25) is 0 Å². The molecule has 2 aromatic heterocycles. The Morgan fingerprint density at radius 3 is 2.88 bits per heavy atom. The lowest BCUT2D eigenvalue weighted by Gasteiger charge is -2.06. The highest BCUT2D eigenvalue weighted by Gasteiger charge is 2.12. The molecule has 1 aromatic carbocycles. The first-order valence-corrected chi connectivity index (χ1v) is 8.99. The Balaban J connectivity index is 1.73. The molecule has 0 fully saturated rings. The van der Waals surface area contributed by atoms with Crippen LogP contribution in [0.25, 0.3) is 12.2 Å². The van der Waals surface area contributed by atoms with Crippen LogP contribution in [0.4, 0.5) is 11.4 Å². The molecule has 2 heterocycles. The number of thiophene rings is 1. The van der Waals surface area contributed by atoms with Gasteiger partial charge < -0.3 is 11.1 Å². The second-order valence-electron chi connectivity index (χ2n) is 5.68. The van der Waals surface area contributed by atoms with E-state index in [4.69, 9.17) is 5.73 Å². The molecule has 0 bridgehead atoms. The van der Waals surface area contributed by atoms with E-state index < -0.39 is 0 Å². The first kappa shape index (κ1) is 17.7. The Bertz CT molecular complexity index is 968. The molecule has 0 saturated carbocycles. The first-order chi connectivity index (χ1) is 12.6. The number of carbonyl (C=O) groups excluding carboxylic acids is 1. The maximum atomic E-state index is 12.4. The Hall–Kier alpha value is -3.12. The first-order valence-electron chi connectivity index (χ1n) is 8.18. The molecule has 1 amide bonds. The van der Waals surface area contributed by atoms with E-state index in [0.29, 0.717) is 22.8 Å². The van der Waals surface area contributed by atoms with Crippen molar-refractivity contribution in [3.8, 4) is 0 Å². The maximum Gasteiger partial charge on any atom is 0.265 e. The molecule has 5 nitrogen and oxygen atoms in total. The van der Waals surface area contributed by atoms with Gasteiger partial charge in [-0.15, -0.1) is 11.3 Å². The van der Waals surface area contributed by atoms with Crippen molar-refractivity contribution in [2.75, 3.05) is 11.1 Å². The minimum atomic E-state index is -0.166. The normalized spacial score (nSPS) is 11.0. The van der Waals surface area contributed by atoms with Crippen molar-refractivity contribution in [3.05, 3.63) is 76.3 Å². The van der Waals surface area contributed by atoms with Crippen molar-refractivity contribution in [3.63, 3.8) is 0 Å². The highest BCUT2D eigenvalue weighted by molar-refractivity contribution is 7.14. The van der Waals surface area contributed by atoms with Crippen molar-refractivity contribution in [1.29, 1.82) is 0 Å². The second kappa shape index (κ2) is 7.84. The lowest BCUT2D eigenvalue weighted by molar-refractivity contribution is 0.103. The van der Waals surface area contributed by atoms with Gasteiger partial charge >= 0.3 is 0 Å². The SMILES string of the molecule is C=Cc1nn(Cc2ccc(C(=O)Nc3ccccc3N)s2)cc1/C=C\C. The van der Waals surface area contributed by atoms with Crippen LogP contribution in [-0.2, 0) is 6.54 Å². The van der Waals surface area contributed by atoms with Gasteiger partial charge in [0.15, 0.2) is 0 Å². The van der Waals surface area contributed by atoms with Gasteiger partial charge in [-0.1, -0.05) is 30.9 Å². The van der Waals surface area contributed by atoms with E-state index in [1.807, 2.05) is 54.2 Å². The number of nitrogen functional groups attached to an aromatic ring is 1. The molecule has 0 aliphatic heterocycles. The van der Waals surface area contributed by atoms with E-state index in [0.717, 1.165) is 16.1 Å². The van der Waals surface area contributed by atoms with Crippen LogP contribution in [0.3, 0.4) is 0 Å². The average Bonchev–Trinajstić information content (AvgIpc) is 3.24. The predicted octanol–water partition coefficient (Wildman–Crippen LogP) is 4.50. The topological polar surface area (TPSA) is 72.9 Å². The number of amides is 1. The van der Waals surface area contributed by atoms with Gasteiger partial charge in [0.05, 0.1) is 28.5 Å². The molecule has 3 aromatic rings. The minimum absolute atomic E-state index is 0.166. The number of allylic oxidation sites excluding steroid dienone is 1. The van der Waals surface area contributed by atoms with Crippen LogP contribution in [0.2, 0.25) is 0 Å². The van der Waals surface area contributed by atoms with E-state index in [9.17, 15) is 4.79 Å². The number of nitrogens with one attached hydrogen (secondary N) is 1. The minimum Gasteiger partial charge on any atom is -0.397 e. The van der Waals surface area contributed by atoms with Crippen LogP contribution in [0, 0.1) is 0 Å². The highest BCUT2D eigenvalue weighted by atomic mass is 32.1. The molecule has 0 saturated heterocycles. The summed E-state index contributed by atoms with van der Waals surface area (Å²) in [5.41, 5.74) is 8.90. The quantitative estimate of drug-likeness (QED) is 0.632. The summed E-state index contributed by atoms with van der Waals surface area (Å²) >= 11 is 1.44. The molecule has 26 heavy (non-hydrogen) atoms. The summed E-state index contributed by atoms with van der Waals surface area (Å²) in [6.45, 7) is 6.37. The average molecular weight is 364 g/mol. The third-order valence-corrected chi connectivity index (χ3v) is 4.84. The van der Waals surface area contributed by atoms with Gasteiger partial charge in [0, 0.05) is 16.6 Å². The zero-order chi connectivity index (χ0) is 18.5. The Morgan fingerprint density at radius 1 is 1.35 bits per heavy atom. The van der Waals surface area contributed by atoms with Crippen molar-refractivity contribution in [1.82, 2.24) is 9.78 Å². The summed E-state index contributed by atoms with van der Waals surface area (Å²) in [5, 5.41) is 7.36. The Kier molecular flexibility index (Phi) is 5.34. The van der Waals surface area contributed by atoms with Crippen LogP contribution >= 0.6 is 11.3 Å². The molecular formula is C20H20N4OS. The van der Waals surface area contributed by atoms with Gasteiger partial charge in [-0.05, 0) is 37.3 Å². The molecule has 132 valence electrons. The molecule has 0 aliphatic carbocycles. The summed E-state index contributed by atoms with van der Waals surface area (Å²) in [4.78, 5) is 14.1. The van der Waals surface area contributed by atoms with Crippen LogP contribution in [0.5, 0.6) is 0 Å². The molecule has 0 aliphatic rings. The monoisotopic (exact) mass is 364 g/mol. The summed E-state index contributed by atoms with van der Waals surface area (Å²) in [5.74, 6) is -0.166. The number of benzene rings is 1. The lowest BCUT2D eigenvalue weighted by Crippen LogP contribution is -2.11. The van der Waals surface area contributed by atoms with Gasteiger partial charge in [-0.25, -0.2) is 0 Å². The van der Waals surface area contributed by atoms with Gasteiger partial charge in [-0.3, -0.25) is 9.48 Å². The Labute approximate surface area is 156 Å². The smallest absolute Gasteiger partial charge is 0.265 e. The summed E-state index contributed by atoms with van der Waals surface area (Å²) in [6.07, 6.45) is 7.68. The summed E-state index contributed by atoms with van der Waals surface area (Å²) < 4.78 is 1.86. The molecule has 0 unspecified atom stereocenters. The predicted molar refractivity (Wildman–Crippen MR) is 109 cm³/mol. The molecule has 3 N–H and O–H groups in total. The van der Waals surface area contributed by atoms with E-state index in [1.165, 1.54) is 11.3 Å². The summed E-state index contributed by atoms with van der Waals surface area (Å²) in [6, 6.07) is 11.0. The zero-order valence-electron chi connectivity index (χ0n) is 14.5. The third kappa shape index (κ3) is 3.92. The van der Waals surface area contributed by atoms with Crippen molar-refractivity contribution in [2.24, 2.45) is 0 Å². The third-order valence-electron chi connectivity index (χ3n) is 3.77. The number of hydrogen-bond acceptors (Lipinski definition) is 4. The van der Waals surface area contributed by atoms with E-state index in [-0.39, 0.29) is 5.91 Å². The van der Waals surface area contributed by atoms with Gasteiger partial charge in [0.1, 0.15) is 0 Å². The molecule has 0 spiro atoms. The second-order valence-corrected chi connectivity index (χ2v) is 6.85. The maximum absolute atomic E-state index is 12.4. The van der Waals surface area contributed by atoms with Crippen LogP contribution < -0.4 is 11.1 Å². The standard InChI is InChI=1S/C20H20N4OS/c1-3-7-14-12-24(23-17(14)4-2)13-15-10-11-19(26-15)20(25)22-18-9-6-5-8-16(18)21/h3-12H,2,13,21H2,1H3,(H,22,25)/b7-3-. The fourth-order valence-corrected chi connectivity index (χ4v) is 3.43. The number of nitrogens with two attached hydrogens (primary N) is 1. The van der Waals surface area contributed by atoms with Crippen LogP contribution in [0.15, 0.2) is 55.3 Å². The highest BCUT2D eigenvalue weighted by Crippen LogP contribution is 2.22. The fourth-order valence-electron chi connectivity index (χ4n) is 2.54. The zero-order valence-corrected chi connectivity index (χ0v) is 15.3. The van der Waals surface area contributed by atoms with Crippen molar-refractivity contribution < 1.29 is 4.79 Å². The molecule has 0 radical (unpaired) electrons. The molecular weight excluding hydrogens is 344 g/mol. The lowest BCUT2D eigenvalue weighted by atomic mass is 10.2. The van der Waals surface area contributed by atoms with Crippen molar-refractivity contribution in [2.45, 2.75) is 13.5 Å². The van der Waals surface area contributed by atoms with E-state index in [2.05, 4.69) is 17.0 Å². The number of rotatable bonds is 6. The van der Waals surface area contributed by atoms with Gasteiger partial charge in [0.25, 0.3) is 5.91 Å². The van der Waals surface area contributed by atoms with E-state index in [1.54, 1.807) is 18.2 Å². The Morgan fingerprint density at radius 2 is 2.15 bits per heavy atom. The van der Waals surface area contributed by atoms with Crippen molar-refractivity contribution >= 4 is 40.8 Å². The largest absolute Gasteiger partial charge is 0.397 e. The number of hydrogen-bond donors (Lipinski definition) is 2. The van der Waals surface area contributed by atoms with Crippen LogP contribution in [0.1, 0.15) is 32.7 Å². The van der Waals surface area contributed by atoms with E-state index >= 15 is 0 Å². The number of aromatic nitrogens is 2. The molecule has 6 heteroatoms. The molecule has 3 rings (SSSR count). The fraction of sp³-hybridized carbons (Fsp3) is 0.100. The number of anilines is 2. The van der Waals surface area contributed by atoms with Gasteiger partial charge in [-0.2, -0.15) is 5.10 Å². The molecule has 0 atom stereocenters. The number of para-hydroxylation sites is 2. The number of nitrogens with zero attached hydrogens (tertiary/aromatic N) is 2.